The molecule has 2 N–H and O–H groups in total. The summed E-state index contributed by atoms with van der Waals surface area (Å²) in [4.78, 5) is 17.7. The number of hydrogen-bond donors (Lipinski definition) is 1. The third kappa shape index (κ3) is 4.06. The lowest BCUT2D eigenvalue weighted by Crippen LogP contribution is -1.93. The average Bonchev–Trinajstić information content (AvgIpc) is 3.33. The number of nitrogens with zero attached hydrogens (tertiary/aromatic N) is 7. The van der Waals surface area contributed by atoms with Crippen molar-refractivity contribution in [2.45, 2.75) is 0 Å². The van der Waals surface area contributed by atoms with Gasteiger partial charge in [0.15, 0.2) is 0 Å². The molecule has 130 valence electrons. The molecule has 0 bridgehead atoms. The highest BCUT2D eigenvalue weighted by Crippen LogP contribution is 2.12. The Morgan fingerprint density at radius 1 is 0.885 bits per heavy atom. The molecule has 4 rings (SSSR count). The SMILES string of the molecule is Nc1cnn(-c2cccnc2)c1.O=[N+]([O-])c1cnn(-c2cccnc2)c1. The topological polar surface area (TPSA) is 131 Å². The highest BCUT2D eigenvalue weighted by molar-refractivity contribution is 5.36. The van der Waals surface area contributed by atoms with E-state index in [0.29, 0.717) is 11.4 Å². The van der Waals surface area contributed by atoms with E-state index in [-0.39, 0.29) is 5.69 Å². The van der Waals surface area contributed by atoms with E-state index in [9.17, 15) is 10.1 Å². The average molecular weight is 350 g/mol. The monoisotopic (exact) mass is 350 g/mol. The van der Waals surface area contributed by atoms with Crippen molar-refractivity contribution >= 4 is 11.4 Å². The van der Waals surface area contributed by atoms with Crippen LogP contribution in [0.15, 0.2) is 73.8 Å². The zero-order valence-corrected chi connectivity index (χ0v) is 13.5. The van der Waals surface area contributed by atoms with Crippen molar-refractivity contribution in [2.24, 2.45) is 0 Å². The number of pyridine rings is 2. The van der Waals surface area contributed by atoms with Crippen LogP contribution in [-0.2, 0) is 0 Å². The first-order valence-electron chi connectivity index (χ1n) is 7.43. The Hall–Kier alpha value is -4.08. The zero-order valence-electron chi connectivity index (χ0n) is 13.5. The van der Waals surface area contributed by atoms with Crippen molar-refractivity contribution in [3.05, 3.63) is 84.0 Å². The summed E-state index contributed by atoms with van der Waals surface area (Å²) in [5, 5.41) is 18.3. The largest absolute Gasteiger partial charge is 0.396 e. The van der Waals surface area contributed by atoms with Crippen molar-refractivity contribution in [2.75, 3.05) is 5.73 Å². The summed E-state index contributed by atoms with van der Waals surface area (Å²) in [5.74, 6) is 0. The van der Waals surface area contributed by atoms with Crippen LogP contribution in [0.3, 0.4) is 0 Å². The molecule has 0 amide bonds. The first kappa shape index (κ1) is 16.8. The molecular weight excluding hydrogens is 336 g/mol. The van der Waals surface area contributed by atoms with Gasteiger partial charge in [-0.1, -0.05) is 0 Å². The molecule has 0 unspecified atom stereocenters. The van der Waals surface area contributed by atoms with Crippen LogP contribution < -0.4 is 5.73 Å². The predicted octanol–water partition coefficient (Wildman–Crippen LogP) is 2.02. The van der Waals surface area contributed by atoms with E-state index in [4.69, 9.17) is 5.73 Å². The van der Waals surface area contributed by atoms with E-state index in [1.165, 1.54) is 17.1 Å². The van der Waals surface area contributed by atoms with Crippen molar-refractivity contribution in [1.82, 2.24) is 29.5 Å². The van der Waals surface area contributed by atoms with E-state index in [0.717, 1.165) is 5.69 Å². The summed E-state index contributed by atoms with van der Waals surface area (Å²) in [5.41, 5.74) is 7.74. The van der Waals surface area contributed by atoms with Gasteiger partial charge < -0.3 is 5.73 Å². The lowest BCUT2D eigenvalue weighted by molar-refractivity contribution is -0.384. The maximum atomic E-state index is 10.4. The number of rotatable bonds is 3. The predicted molar refractivity (Wildman–Crippen MR) is 93.8 cm³/mol. The summed E-state index contributed by atoms with van der Waals surface area (Å²) in [6.45, 7) is 0. The number of anilines is 1. The Morgan fingerprint density at radius 2 is 1.46 bits per heavy atom. The van der Waals surface area contributed by atoms with Crippen LogP contribution in [0.25, 0.3) is 11.4 Å². The van der Waals surface area contributed by atoms with E-state index in [1.54, 1.807) is 54.0 Å². The summed E-state index contributed by atoms with van der Waals surface area (Å²) in [6.07, 6.45) is 12.6. The fourth-order valence-corrected chi connectivity index (χ4v) is 2.01. The quantitative estimate of drug-likeness (QED) is 0.442. The fourth-order valence-electron chi connectivity index (χ4n) is 2.01. The standard InChI is InChI=1S/C8H6N4O2.C8H8N4/c13-12(14)8-5-10-11(6-8)7-2-1-3-9-4-7;9-7-4-11-12(6-7)8-2-1-3-10-5-8/h1-6H;1-6H,9H2. The Kier molecular flexibility index (Phi) is 4.94. The molecule has 10 nitrogen and oxygen atoms in total. The van der Waals surface area contributed by atoms with Crippen LogP contribution in [0.4, 0.5) is 11.4 Å². The summed E-state index contributed by atoms with van der Waals surface area (Å²) in [6, 6.07) is 7.28. The number of nitrogen functional groups attached to an aromatic ring is 1. The molecule has 0 aliphatic heterocycles. The molecule has 0 fully saturated rings. The van der Waals surface area contributed by atoms with Gasteiger partial charge in [0, 0.05) is 12.4 Å². The first-order valence-corrected chi connectivity index (χ1v) is 7.43. The second kappa shape index (κ2) is 7.66. The zero-order chi connectivity index (χ0) is 18.4. The minimum Gasteiger partial charge on any atom is -0.396 e. The fraction of sp³-hybridized carbons (Fsp3) is 0. The molecule has 0 aliphatic rings. The minimum atomic E-state index is -0.486. The molecule has 0 radical (unpaired) electrons. The highest BCUT2D eigenvalue weighted by Gasteiger charge is 2.09. The lowest BCUT2D eigenvalue weighted by Gasteiger charge is -1.97. The molecule has 4 heterocycles. The van der Waals surface area contributed by atoms with Crippen molar-refractivity contribution in [1.29, 1.82) is 0 Å². The van der Waals surface area contributed by atoms with E-state index < -0.39 is 4.92 Å². The van der Waals surface area contributed by atoms with Crippen LogP contribution >= 0.6 is 0 Å². The van der Waals surface area contributed by atoms with E-state index in [1.807, 2.05) is 12.1 Å². The molecular formula is C16H14N8O2. The molecule has 4 aromatic rings. The van der Waals surface area contributed by atoms with Gasteiger partial charge in [-0.15, -0.1) is 0 Å². The Labute approximate surface area is 147 Å². The first-order chi connectivity index (χ1) is 12.6. The highest BCUT2D eigenvalue weighted by atomic mass is 16.6. The number of aromatic nitrogens is 6. The maximum Gasteiger partial charge on any atom is 0.307 e. The second-order valence-corrected chi connectivity index (χ2v) is 5.04. The maximum absolute atomic E-state index is 10.4. The molecule has 0 saturated carbocycles. The summed E-state index contributed by atoms with van der Waals surface area (Å²) in [7, 11) is 0. The van der Waals surface area contributed by atoms with Gasteiger partial charge in [-0.05, 0) is 24.3 Å². The van der Waals surface area contributed by atoms with E-state index in [2.05, 4.69) is 20.2 Å². The van der Waals surface area contributed by atoms with Gasteiger partial charge in [-0.25, -0.2) is 9.36 Å². The molecule has 26 heavy (non-hydrogen) atoms. The van der Waals surface area contributed by atoms with Gasteiger partial charge in [0.25, 0.3) is 0 Å². The van der Waals surface area contributed by atoms with Crippen molar-refractivity contribution in [3.8, 4) is 11.4 Å². The third-order valence-electron chi connectivity index (χ3n) is 3.20. The van der Waals surface area contributed by atoms with Gasteiger partial charge in [-0.3, -0.25) is 20.1 Å². The Balaban J connectivity index is 0.000000152. The smallest absolute Gasteiger partial charge is 0.307 e. The van der Waals surface area contributed by atoms with Crippen LogP contribution in [0.1, 0.15) is 0 Å². The normalized spacial score (nSPS) is 10.0. The number of hydrogen-bond acceptors (Lipinski definition) is 7. The van der Waals surface area contributed by atoms with Crippen LogP contribution in [0, 0.1) is 10.1 Å². The second-order valence-electron chi connectivity index (χ2n) is 5.04. The molecule has 0 aliphatic carbocycles. The van der Waals surface area contributed by atoms with Crippen molar-refractivity contribution < 1.29 is 4.92 Å². The summed E-state index contributed by atoms with van der Waals surface area (Å²) >= 11 is 0. The number of nitro groups is 1. The third-order valence-corrected chi connectivity index (χ3v) is 3.20. The molecule has 4 aromatic heterocycles. The molecule has 0 atom stereocenters. The Morgan fingerprint density at radius 3 is 1.88 bits per heavy atom. The number of nitrogens with two attached hydrogens (primary N) is 1. The van der Waals surface area contributed by atoms with Gasteiger partial charge in [0.1, 0.15) is 12.4 Å². The van der Waals surface area contributed by atoms with E-state index >= 15 is 0 Å². The molecule has 10 heteroatoms. The summed E-state index contributed by atoms with van der Waals surface area (Å²) < 4.78 is 3.09. The Bertz CT molecular complexity index is 982. The van der Waals surface area contributed by atoms with Gasteiger partial charge in [-0.2, -0.15) is 10.2 Å². The van der Waals surface area contributed by atoms with Crippen LogP contribution in [-0.4, -0.2) is 34.5 Å². The van der Waals surface area contributed by atoms with Crippen LogP contribution in [0.2, 0.25) is 0 Å². The lowest BCUT2D eigenvalue weighted by atomic mass is 10.4. The molecule has 0 saturated heterocycles. The van der Waals surface area contributed by atoms with Gasteiger partial charge >= 0.3 is 5.69 Å². The van der Waals surface area contributed by atoms with Gasteiger partial charge in [0.05, 0.1) is 46.8 Å². The van der Waals surface area contributed by atoms with Crippen molar-refractivity contribution in [3.63, 3.8) is 0 Å². The van der Waals surface area contributed by atoms with Crippen LogP contribution in [0.5, 0.6) is 0 Å². The molecule has 0 aromatic carbocycles. The van der Waals surface area contributed by atoms with Gasteiger partial charge in [0.2, 0.25) is 0 Å². The molecule has 0 spiro atoms. The minimum absolute atomic E-state index is 0.0335.